The Morgan fingerprint density at radius 2 is 2.00 bits per heavy atom. The first-order valence-corrected chi connectivity index (χ1v) is 8.70. The molecule has 24 heavy (non-hydrogen) atoms. The maximum absolute atomic E-state index is 12.9. The number of carbonyl (C=O) groups excluding carboxylic acids is 1. The summed E-state index contributed by atoms with van der Waals surface area (Å²) in [5, 5.41) is 0.609. The second-order valence-electron chi connectivity index (χ2n) is 5.76. The highest BCUT2D eigenvalue weighted by Gasteiger charge is 2.15. The van der Waals surface area contributed by atoms with Crippen LogP contribution in [0.4, 0.5) is 0 Å². The first-order valence-electron chi connectivity index (χ1n) is 7.88. The molecule has 3 aromatic rings. The smallest absolute Gasteiger partial charge is 0.262 e. The number of primary amides is 1. The van der Waals surface area contributed by atoms with Crippen molar-refractivity contribution < 1.29 is 4.79 Å². The highest BCUT2D eigenvalue weighted by Crippen LogP contribution is 2.25. The van der Waals surface area contributed by atoms with E-state index in [0.717, 1.165) is 27.3 Å². The van der Waals surface area contributed by atoms with Gasteiger partial charge in [-0.2, -0.15) is 0 Å². The maximum Gasteiger partial charge on any atom is 0.262 e. The second kappa shape index (κ2) is 6.57. The van der Waals surface area contributed by atoms with Crippen molar-refractivity contribution in [2.24, 2.45) is 5.73 Å². The van der Waals surface area contributed by atoms with Gasteiger partial charge in [0.05, 0.1) is 5.39 Å². The van der Waals surface area contributed by atoms with Crippen LogP contribution in [-0.4, -0.2) is 15.5 Å². The third-order valence-corrected chi connectivity index (χ3v) is 5.12. The zero-order chi connectivity index (χ0) is 17.3. The summed E-state index contributed by atoms with van der Waals surface area (Å²) in [6.07, 6.45) is 0.971. The van der Waals surface area contributed by atoms with Crippen LogP contribution in [0.3, 0.4) is 0 Å². The Balaban J connectivity index is 2.23. The molecule has 5 nitrogen and oxygen atoms in total. The van der Waals surface area contributed by atoms with Crippen LogP contribution >= 0.6 is 11.3 Å². The van der Waals surface area contributed by atoms with Crippen molar-refractivity contribution >= 4 is 27.5 Å². The van der Waals surface area contributed by atoms with Crippen LogP contribution < -0.4 is 11.3 Å². The number of hydrogen-bond donors (Lipinski definition) is 1. The fourth-order valence-corrected chi connectivity index (χ4v) is 3.55. The Bertz CT molecular complexity index is 955. The monoisotopic (exact) mass is 341 g/mol. The predicted molar refractivity (Wildman–Crippen MR) is 97.2 cm³/mol. The minimum absolute atomic E-state index is 0.108. The number of aromatic nitrogens is 2. The van der Waals surface area contributed by atoms with E-state index in [9.17, 15) is 9.59 Å². The predicted octanol–water partition coefficient (Wildman–Crippen LogP) is 2.87. The Hall–Kier alpha value is -2.47. The van der Waals surface area contributed by atoms with E-state index < -0.39 is 5.91 Å². The molecule has 2 N–H and O–H groups in total. The molecule has 0 aliphatic carbocycles. The Kier molecular flexibility index (Phi) is 4.49. The van der Waals surface area contributed by atoms with Gasteiger partial charge in [0.2, 0.25) is 5.91 Å². The van der Waals surface area contributed by atoms with E-state index in [1.165, 1.54) is 0 Å². The lowest BCUT2D eigenvalue weighted by Gasteiger charge is -2.12. The van der Waals surface area contributed by atoms with Gasteiger partial charge in [-0.1, -0.05) is 36.8 Å². The van der Waals surface area contributed by atoms with E-state index >= 15 is 0 Å². The number of nitrogens with two attached hydrogens (primary N) is 1. The third kappa shape index (κ3) is 3.10. The van der Waals surface area contributed by atoms with Crippen molar-refractivity contribution in [2.75, 3.05) is 0 Å². The van der Waals surface area contributed by atoms with E-state index in [2.05, 4.69) is 6.92 Å². The topological polar surface area (TPSA) is 78.0 Å². The largest absolute Gasteiger partial charge is 0.370 e. The average molecular weight is 341 g/mol. The number of aryl methyl sites for hydroxylation is 2. The molecule has 0 saturated carbocycles. The number of amides is 1. The van der Waals surface area contributed by atoms with Crippen molar-refractivity contribution in [1.82, 2.24) is 9.55 Å². The summed E-state index contributed by atoms with van der Waals surface area (Å²) in [4.78, 5) is 30.7. The van der Waals surface area contributed by atoms with Crippen LogP contribution in [0.2, 0.25) is 0 Å². The molecule has 1 amide bonds. The van der Waals surface area contributed by atoms with Gasteiger partial charge in [0.1, 0.15) is 10.7 Å². The molecule has 0 radical (unpaired) electrons. The van der Waals surface area contributed by atoms with Gasteiger partial charge in [-0.25, -0.2) is 4.98 Å². The molecular weight excluding hydrogens is 322 g/mol. The molecule has 1 aromatic carbocycles. The average Bonchev–Trinajstić information content (AvgIpc) is 2.98. The zero-order valence-electron chi connectivity index (χ0n) is 13.7. The molecule has 0 aliphatic rings. The van der Waals surface area contributed by atoms with Crippen LogP contribution in [0.5, 0.6) is 0 Å². The van der Waals surface area contributed by atoms with Gasteiger partial charge in [-0.05, 0) is 19.4 Å². The molecular formula is C18H19N3O2S. The first kappa shape index (κ1) is 16.4. The van der Waals surface area contributed by atoms with E-state index in [4.69, 9.17) is 10.7 Å². The van der Waals surface area contributed by atoms with E-state index in [-0.39, 0.29) is 18.5 Å². The van der Waals surface area contributed by atoms with Crippen molar-refractivity contribution in [2.45, 2.75) is 33.2 Å². The lowest BCUT2D eigenvalue weighted by molar-refractivity contribution is -0.118. The molecule has 0 spiro atoms. The minimum atomic E-state index is -0.434. The SMILES string of the molecule is CCc1cc2c(=O)n(CCC(N)=O)c(-c3ccc(C)cc3)nc2s1. The Labute approximate surface area is 143 Å². The standard InChI is InChI=1S/C18H19N3O2S/c1-3-13-10-14-17(24-13)20-16(12-6-4-11(2)5-7-12)21(18(14)23)9-8-15(19)22/h4-7,10H,3,8-9H2,1-2H3,(H2,19,22). The highest BCUT2D eigenvalue weighted by molar-refractivity contribution is 7.18. The molecule has 3 rings (SSSR count). The summed E-state index contributed by atoms with van der Waals surface area (Å²) in [6.45, 7) is 4.29. The van der Waals surface area contributed by atoms with Crippen molar-refractivity contribution in [3.05, 3.63) is 51.1 Å². The molecule has 124 valence electrons. The fraction of sp³-hybridized carbons (Fsp3) is 0.278. The number of rotatable bonds is 5. The van der Waals surface area contributed by atoms with Crippen LogP contribution in [0.1, 0.15) is 23.8 Å². The van der Waals surface area contributed by atoms with Crippen LogP contribution in [0, 0.1) is 6.92 Å². The first-order chi connectivity index (χ1) is 11.5. The number of nitrogens with zero attached hydrogens (tertiary/aromatic N) is 2. The van der Waals surface area contributed by atoms with Gasteiger partial charge < -0.3 is 5.73 Å². The van der Waals surface area contributed by atoms with Crippen LogP contribution in [0.15, 0.2) is 35.1 Å². The van der Waals surface area contributed by atoms with Gasteiger partial charge in [0.25, 0.3) is 5.56 Å². The lowest BCUT2D eigenvalue weighted by atomic mass is 10.1. The molecule has 0 fully saturated rings. The molecule has 2 aromatic heterocycles. The number of fused-ring (bicyclic) bond motifs is 1. The van der Waals surface area contributed by atoms with Crippen LogP contribution in [0.25, 0.3) is 21.6 Å². The quantitative estimate of drug-likeness (QED) is 0.775. The molecule has 6 heteroatoms. The maximum atomic E-state index is 12.9. The minimum Gasteiger partial charge on any atom is -0.370 e. The van der Waals surface area contributed by atoms with Gasteiger partial charge >= 0.3 is 0 Å². The number of carbonyl (C=O) groups is 1. The zero-order valence-corrected chi connectivity index (χ0v) is 14.5. The van der Waals surface area contributed by atoms with E-state index in [1.54, 1.807) is 15.9 Å². The normalized spacial score (nSPS) is 11.1. The summed E-state index contributed by atoms with van der Waals surface area (Å²) in [6, 6.07) is 9.75. The summed E-state index contributed by atoms with van der Waals surface area (Å²) < 4.78 is 1.56. The molecule has 0 aliphatic heterocycles. The number of benzene rings is 1. The molecule has 0 atom stereocenters. The lowest BCUT2D eigenvalue weighted by Crippen LogP contribution is -2.25. The summed E-state index contributed by atoms with van der Waals surface area (Å²) in [5.74, 6) is 0.148. The van der Waals surface area contributed by atoms with Gasteiger partial charge in [0.15, 0.2) is 0 Å². The highest BCUT2D eigenvalue weighted by atomic mass is 32.1. The fourth-order valence-electron chi connectivity index (χ4n) is 2.59. The number of hydrogen-bond acceptors (Lipinski definition) is 4. The van der Waals surface area contributed by atoms with Crippen molar-refractivity contribution in [1.29, 1.82) is 0 Å². The van der Waals surface area contributed by atoms with Crippen molar-refractivity contribution in [3.63, 3.8) is 0 Å². The second-order valence-corrected chi connectivity index (χ2v) is 6.87. The molecule has 0 unspecified atom stereocenters. The Morgan fingerprint density at radius 3 is 2.62 bits per heavy atom. The van der Waals surface area contributed by atoms with Gasteiger partial charge in [0, 0.05) is 23.4 Å². The van der Waals surface area contributed by atoms with Crippen molar-refractivity contribution in [3.8, 4) is 11.4 Å². The van der Waals surface area contributed by atoms with Crippen LogP contribution in [-0.2, 0) is 17.8 Å². The van der Waals surface area contributed by atoms with Gasteiger partial charge in [-0.3, -0.25) is 14.2 Å². The van der Waals surface area contributed by atoms with Gasteiger partial charge in [-0.15, -0.1) is 11.3 Å². The molecule has 2 heterocycles. The Morgan fingerprint density at radius 1 is 1.29 bits per heavy atom. The van der Waals surface area contributed by atoms with E-state index in [0.29, 0.717) is 11.2 Å². The molecule has 0 saturated heterocycles. The molecule has 0 bridgehead atoms. The van der Waals surface area contributed by atoms with E-state index in [1.807, 2.05) is 37.3 Å². The summed E-state index contributed by atoms with van der Waals surface area (Å²) in [5.41, 5.74) is 7.14. The summed E-state index contributed by atoms with van der Waals surface area (Å²) in [7, 11) is 0. The summed E-state index contributed by atoms with van der Waals surface area (Å²) >= 11 is 1.54. The number of thiophene rings is 1. The third-order valence-electron chi connectivity index (χ3n) is 3.94.